The lowest BCUT2D eigenvalue weighted by Gasteiger charge is -2.26. The Bertz CT molecular complexity index is 1090. The van der Waals surface area contributed by atoms with Crippen molar-refractivity contribution in [2.75, 3.05) is 4.90 Å². The normalized spacial score (nSPS) is 19.8. The second-order valence-corrected chi connectivity index (χ2v) is 6.73. The van der Waals surface area contributed by atoms with E-state index in [0.29, 0.717) is 5.56 Å². The van der Waals surface area contributed by atoms with Crippen LogP contribution in [-0.2, 0) is 16.0 Å². The highest BCUT2D eigenvalue weighted by Gasteiger charge is 2.37. The number of urea groups is 1. The molecule has 2 aliphatic rings. The molecule has 9 nitrogen and oxygen atoms in total. The van der Waals surface area contributed by atoms with E-state index in [1.807, 2.05) is 13.0 Å². The van der Waals surface area contributed by atoms with Crippen molar-refractivity contribution in [2.24, 2.45) is 0 Å². The highest BCUT2D eigenvalue weighted by Crippen LogP contribution is 2.30. The standard InChI is InChI=1S/C20H15N3O6/c1-11-8-13-9-12(2-7-17(13)29-11)10-16-18(24)21-20(26)22(19(16)25)14-3-5-15(6-4-14)23(27)28/h2-7,9-11H,8H2,1H3,(H,21,24,26)/b16-10-/t11-/m1/s1. The van der Waals surface area contributed by atoms with Crippen LogP contribution in [-0.4, -0.2) is 28.9 Å². The zero-order valence-electron chi connectivity index (χ0n) is 15.2. The third-order valence-corrected chi connectivity index (χ3v) is 4.65. The lowest BCUT2D eigenvalue weighted by atomic mass is 10.0. The fourth-order valence-electron chi connectivity index (χ4n) is 3.31. The van der Waals surface area contributed by atoms with Gasteiger partial charge < -0.3 is 4.74 Å². The molecule has 4 rings (SSSR count). The van der Waals surface area contributed by atoms with E-state index in [9.17, 15) is 24.5 Å². The molecule has 29 heavy (non-hydrogen) atoms. The SMILES string of the molecule is C[C@@H]1Cc2cc(/C=C3/C(=O)NC(=O)N(c4ccc([N+](=O)[O-])cc4)C3=O)ccc2O1. The molecule has 0 radical (unpaired) electrons. The van der Waals surface area contributed by atoms with Crippen LogP contribution in [0.1, 0.15) is 18.1 Å². The topological polar surface area (TPSA) is 119 Å². The van der Waals surface area contributed by atoms with Gasteiger partial charge in [0.1, 0.15) is 17.4 Å². The zero-order valence-corrected chi connectivity index (χ0v) is 15.2. The number of imide groups is 2. The summed E-state index contributed by atoms with van der Waals surface area (Å²) in [6.07, 6.45) is 2.19. The summed E-state index contributed by atoms with van der Waals surface area (Å²) < 4.78 is 5.64. The molecule has 1 fully saturated rings. The van der Waals surface area contributed by atoms with Gasteiger partial charge in [0.2, 0.25) is 0 Å². The first-order valence-electron chi connectivity index (χ1n) is 8.79. The summed E-state index contributed by atoms with van der Waals surface area (Å²) in [6, 6.07) is 9.32. The molecule has 0 aliphatic carbocycles. The van der Waals surface area contributed by atoms with Crippen LogP contribution in [0.3, 0.4) is 0 Å². The van der Waals surface area contributed by atoms with Crippen LogP contribution in [0, 0.1) is 10.1 Å². The fraction of sp³-hybridized carbons (Fsp3) is 0.150. The van der Waals surface area contributed by atoms with E-state index < -0.39 is 22.8 Å². The van der Waals surface area contributed by atoms with Crippen molar-refractivity contribution >= 4 is 35.3 Å². The summed E-state index contributed by atoms with van der Waals surface area (Å²) in [6.45, 7) is 1.95. The smallest absolute Gasteiger partial charge is 0.335 e. The number of hydrogen-bond acceptors (Lipinski definition) is 6. The molecule has 1 N–H and O–H groups in total. The lowest BCUT2D eigenvalue weighted by Crippen LogP contribution is -2.54. The number of fused-ring (bicyclic) bond motifs is 1. The van der Waals surface area contributed by atoms with Gasteiger partial charge in [0.15, 0.2) is 0 Å². The van der Waals surface area contributed by atoms with E-state index in [1.165, 1.54) is 30.3 Å². The number of benzene rings is 2. The fourth-order valence-corrected chi connectivity index (χ4v) is 3.31. The van der Waals surface area contributed by atoms with Crippen molar-refractivity contribution < 1.29 is 24.0 Å². The van der Waals surface area contributed by atoms with Crippen molar-refractivity contribution in [3.63, 3.8) is 0 Å². The van der Waals surface area contributed by atoms with Crippen LogP contribution in [0.5, 0.6) is 5.75 Å². The van der Waals surface area contributed by atoms with Crippen LogP contribution in [0.4, 0.5) is 16.2 Å². The van der Waals surface area contributed by atoms with Crippen molar-refractivity contribution in [1.82, 2.24) is 5.32 Å². The van der Waals surface area contributed by atoms with Gasteiger partial charge in [-0.25, -0.2) is 9.69 Å². The summed E-state index contributed by atoms with van der Waals surface area (Å²) in [4.78, 5) is 48.3. The monoisotopic (exact) mass is 393 g/mol. The second kappa shape index (κ2) is 6.86. The lowest BCUT2D eigenvalue weighted by molar-refractivity contribution is -0.384. The summed E-state index contributed by atoms with van der Waals surface area (Å²) in [7, 11) is 0. The number of amides is 4. The number of nitro benzene ring substituents is 1. The number of nitrogens with zero attached hydrogens (tertiary/aromatic N) is 2. The highest BCUT2D eigenvalue weighted by atomic mass is 16.6. The van der Waals surface area contributed by atoms with Gasteiger partial charge in [-0.1, -0.05) is 6.07 Å². The largest absolute Gasteiger partial charge is 0.490 e. The molecule has 0 aromatic heterocycles. The third kappa shape index (κ3) is 3.33. The summed E-state index contributed by atoms with van der Waals surface area (Å²) in [5.74, 6) is -0.845. The first kappa shape index (κ1) is 18.4. The number of carbonyl (C=O) groups excluding carboxylic acids is 3. The van der Waals surface area contributed by atoms with E-state index in [4.69, 9.17) is 4.74 Å². The Hall–Kier alpha value is -4.01. The minimum Gasteiger partial charge on any atom is -0.490 e. The van der Waals surface area contributed by atoms with Gasteiger partial charge in [-0.3, -0.25) is 25.0 Å². The molecule has 0 bridgehead atoms. The summed E-state index contributed by atoms with van der Waals surface area (Å²) in [5, 5.41) is 12.9. The van der Waals surface area contributed by atoms with E-state index >= 15 is 0 Å². The molecule has 4 amide bonds. The van der Waals surface area contributed by atoms with E-state index in [1.54, 1.807) is 12.1 Å². The van der Waals surface area contributed by atoms with Crippen molar-refractivity contribution in [3.8, 4) is 5.75 Å². The average molecular weight is 393 g/mol. The number of nitro groups is 1. The Morgan fingerprint density at radius 3 is 2.59 bits per heavy atom. The maximum Gasteiger partial charge on any atom is 0.335 e. The van der Waals surface area contributed by atoms with Gasteiger partial charge in [0, 0.05) is 18.6 Å². The minimum absolute atomic E-state index is 0.0581. The van der Waals surface area contributed by atoms with Gasteiger partial charge in [0.25, 0.3) is 17.5 Å². The molecular weight excluding hydrogens is 378 g/mol. The molecule has 1 atom stereocenters. The number of carbonyl (C=O) groups is 3. The van der Waals surface area contributed by atoms with Crippen LogP contribution in [0.25, 0.3) is 6.08 Å². The van der Waals surface area contributed by atoms with E-state index in [-0.39, 0.29) is 23.1 Å². The Morgan fingerprint density at radius 1 is 1.17 bits per heavy atom. The van der Waals surface area contributed by atoms with Crippen molar-refractivity contribution in [2.45, 2.75) is 19.4 Å². The minimum atomic E-state index is -0.915. The zero-order chi connectivity index (χ0) is 20.7. The highest BCUT2D eigenvalue weighted by molar-refractivity contribution is 6.39. The number of non-ortho nitro benzene ring substituents is 1. The average Bonchev–Trinajstić information content (AvgIpc) is 3.04. The van der Waals surface area contributed by atoms with Crippen LogP contribution < -0.4 is 15.0 Å². The van der Waals surface area contributed by atoms with Gasteiger partial charge in [-0.15, -0.1) is 0 Å². The Labute approximate surface area is 164 Å². The van der Waals surface area contributed by atoms with Crippen molar-refractivity contribution in [3.05, 3.63) is 69.3 Å². The van der Waals surface area contributed by atoms with Crippen LogP contribution in [0.15, 0.2) is 48.0 Å². The Kier molecular flexibility index (Phi) is 4.34. The van der Waals surface area contributed by atoms with Crippen molar-refractivity contribution in [1.29, 1.82) is 0 Å². The molecule has 146 valence electrons. The predicted octanol–water partition coefficient (Wildman–Crippen LogP) is 2.58. The molecule has 9 heteroatoms. The number of hydrogen-bond donors (Lipinski definition) is 1. The third-order valence-electron chi connectivity index (χ3n) is 4.65. The molecule has 0 spiro atoms. The number of rotatable bonds is 3. The van der Waals surface area contributed by atoms with Gasteiger partial charge >= 0.3 is 6.03 Å². The molecule has 0 unspecified atom stereocenters. The number of ether oxygens (including phenoxy) is 1. The molecule has 2 aromatic carbocycles. The maximum absolute atomic E-state index is 12.9. The molecule has 2 aliphatic heterocycles. The van der Waals surface area contributed by atoms with Gasteiger partial charge in [-0.2, -0.15) is 0 Å². The van der Waals surface area contributed by atoms with E-state index in [2.05, 4.69) is 5.32 Å². The van der Waals surface area contributed by atoms with Gasteiger partial charge in [-0.05, 0) is 48.4 Å². The first-order chi connectivity index (χ1) is 13.8. The number of nitrogens with one attached hydrogen (secondary N) is 1. The van der Waals surface area contributed by atoms with E-state index in [0.717, 1.165) is 22.6 Å². The molecule has 0 saturated carbocycles. The number of anilines is 1. The summed E-state index contributed by atoms with van der Waals surface area (Å²) >= 11 is 0. The van der Waals surface area contributed by atoms with Crippen LogP contribution in [0.2, 0.25) is 0 Å². The second-order valence-electron chi connectivity index (χ2n) is 6.73. The number of barbiturate groups is 1. The maximum atomic E-state index is 12.9. The van der Waals surface area contributed by atoms with Gasteiger partial charge in [0.05, 0.1) is 10.6 Å². The molecule has 1 saturated heterocycles. The molecular formula is C20H15N3O6. The summed E-state index contributed by atoms with van der Waals surface area (Å²) in [5.41, 5.74) is 1.32. The first-order valence-corrected chi connectivity index (χ1v) is 8.79. The molecule has 2 aromatic rings. The molecule has 2 heterocycles. The Morgan fingerprint density at radius 2 is 1.90 bits per heavy atom. The van der Waals surface area contributed by atoms with Crippen LogP contribution >= 0.6 is 0 Å². The quantitative estimate of drug-likeness (QED) is 0.371. The predicted molar refractivity (Wildman–Crippen MR) is 102 cm³/mol. The Balaban J connectivity index is 1.67.